The average molecular weight is 266 g/mol. The first-order valence-electron chi connectivity index (χ1n) is 5.35. The first kappa shape index (κ1) is 12.6. The van der Waals surface area contributed by atoms with Crippen molar-refractivity contribution >= 4 is 15.7 Å². The number of hydrogen-bond acceptors (Lipinski definition) is 4. The molecule has 96 valence electrons. The van der Waals surface area contributed by atoms with E-state index >= 15 is 0 Å². The van der Waals surface area contributed by atoms with Crippen LogP contribution in [0.5, 0.6) is 0 Å². The zero-order valence-corrected chi connectivity index (χ0v) is 11.2. The second kappa shape index (κ2) is 4.41. The number of anilines is 1. The van der Waals surface area contributed by atoms with Crippen LogP contribution in [0.1, 0.15) is 11.4 Å². The summed E-state index contributed by atoms with van der Waals surface area (Å²) in [5.41, 5.74) is 1.51. The van der Waals surface area contributed by atoms with E-state index in [1.54, 1.807) is 43.9 Å². The van der Waals surface area contributed by atoms with Gasteiger partial charge in [-0.3, -0.25) is 14.4 Å². The Balaban J connectivity index is 2.43. The van der Waals surface area contributed by atoms with E-state index in [0.29, 0.717) is 17.1 Å². The Morgan fingerprint density at radius 2 is 2.06 bits per heavy atom. The van der Waals surface area contributed by atoms with Crippen LogP contribution in [0.15, 0.2) is 29.4 Å². The topological polar surface area (TPSA) is 76.9 Å². The molecule has 2 aromatic rings. The molecule has 0 atom stereocenters. The number of nitrogens with zero attached hydrogens (tertiary/aromatic N) is 3. The molecule has 0 saturated carbocycles. The standard InChI is InChI=1S/C11H14N4O2S/c1-8-11(9(2)15(3)13-8)18(16,17)14-10-5-4-6-12-7-10/h4-7,14H,1-3H3. The van der Waals surface area contributed by atoms with E-state index in [4.69, 9.17) is 0 Å². The highest BCUT2D eigenvalue weighted by Crippen LogP contribution is 2.21. The highest BCUT2D eigenvalue weighted by molar-refractivity contribution is 7.92. The average Bonchev–Trinajstić information content (AvgIpc) is 2.54. The fourth-order valence-electron chi connectivity index (χ4n) is 1.77. The van der Waals surface area contributed by atoms with Crippen molar-refractivity contribution in [3.63, 3.8) is 0 Å². The molecular formula is C11H14N4O2S. The molecule has 0 amide bonds. The lowest BCUT2D eigenvalue weighted by molar-refractivity contribution is 0.599. The Morgan fingerprint density at radius 3 is 2.56 bits per heavy atom. The van der Waals surface area contributed by atoms with Crippen LogP contribution >= 0.6 is 0 Å². The van der Waals surface area contributed by atoms with Crippen molar-refractivity contribution in [2.45, 2.75) is 18.7 Å². The molecule has 2 rings (SSSR count). The summed E-state index contributed by atoms with van der Waals surface area (Å²) in [5.74, 6) is 0. The quantitative estimate of drug-likeness (QED) is 0.906. The van der Waals surface area contributed by atoms with Crippen LogP contribution in [0.3, 0.4) is 0 Å². The van der Waals surface area contributed by atoms with Crippen molar-refractivity contribution in [1.82, 2.24) is 14.8 Å². The van der Waals surface area contributed by atoms with Gasteiger partial charge in [0.1, 0.15) is 4.90 Å². The second-order valence-corrected chi connectivity index (χ2v) is 5.59. The summed E-state index contributed by atoms with van der Waals surface area (Å²) in [5, 5.41) is 4.10. The first-order valence-corrected chi connectivity index (χ1v) is 6.83. The number of nitrogens with one attached hydrogen (secondary N) is 1. The van der Waals surface area contributed by atoms with Crippen LogP contribution in [-0.4, -0.2) is 23.2 Å². The van der Waals surface area contributed by atoms with Crippen molar-refractivity contribution in [2.75, 3.05) is 4.72 Å². The van der Waals surface area contributed by atoms with Gasteiger partial charge in [-0.05, 0) is 26.0 Å². The maximum absolute atomic E-state index is 12.3. The number of rotatable bonds is 3. The summed E-state index contributed by atoms with van der Waals surface area (Å²) in [6.45, 7) is 3.39. The summed E-state index contributed by atoms with van der Waals surface area (Å²) >= 11 is 0. The minimum absolute atomic E-state index is 0.217. The number of aryl methyl sites for hydroxylation is 2. The fourth-order valence-corrected chi connectivity index (χ4v) is 3.26. The fraction of sp³-hybridized carbons (Fsp3) is 0.273. The molecular weight excluding hydrogens is 252 g/mol. The van der Waals surface area contributed by atoms with E-state index in [9.17, 15) is 8.42 Å². The van der Waals surface area contributed by atoms with Crippen molar-refractivity contribution in [3.8, 4) is 0 Å². The highest BCUT2D eigenvalue weighted by atomic mass is 32.2. The van der Waals surface area contributed by atoms with Crippen LogP contribution in [0.2, 0.25) is 0 Å². The van der Waals surface area contributed by atoms with Gasteiger partial charge in [-0.25, -0.2) is 8.42 Å². The zero-order chi connectivity index (χ0) is 13.3. The molecule has 0 saturated heterocycles. The van der Waals surface area contributed by atoms with E-state index in [2.05, 4.69) is 14.8 Å². The summed E-state index contributed by atoms with van der Waals surface area (Å²) < 4.78 is 28.6. The van der Waals surface area contributed by atoms with E-state index in [1.807, 2.05) is 0 Å². The summed E-state index contributed by atoms with van der Waals surface area (Å²) in [6.07, 6.45) is 3.04. The molecule has 0 fully saturated rings. The predicted molar refractivity (Wildman–Crippen MR) is 67.7 cm³/mol. The Hall–Kier alpha value is -1.89. The Bertz CT molecular complexity index is 662. The van der Waals surface area contributed by atoms with E-state index in [0.717, 1.165) is 0 Å². The summed E-state index contributed by atoms with van der Waals surface area (Å²) in [6, 6.07) is 3.31. The number of hydrogen-bond donors (Lipinski definition) is 1. The third-order valence-corrected chi connectivity index (χ3v) is 4.26. The number of aromatic nitrogens is 3. The van der Waals surface area contributed by atoms with E-state index in [-0.39, 0.29) is 4.90 Å². The van der Waals surface area contributed by atoms with Gasteiger partial charge in [0.05, 0.1) is 23.3 Å². The monoisotopic (exact) mass is 266 g/mol. The maximum atomic E-state index is 12.3. The zero-order valence-electron chi connectivity index (χ0n) is 10.4. The van der Waals surface area contributed by atoms with Gasteiger partial charge < -0.3 is 0 Å². The van der Waals surface area contributed by atoms with Gasteiger partial charge in [0.2, 0.25) is 0 Å². The maximum Gasteiger partial charge on any atom is 0.265 e. The van der Waals surface area contributed by atoms with Gasteiger partial charge in [-0.1, -0.05) is 0 Å². The van der Waals surface area contributed by atoms with Gasteiger partial charge in [0, 0.05) is 13.2 Å². The number of pyridine rings is 1. The predicted octanol–water partition coefficient (Wildman–Crippen LogP) is 1.23. The lowest BCUT2D eigenvalue weighted by atomic mass is 10.4. The molecule has 0 unspecified atom stereocenters. The molecule has 18 heavy (non-hydrogen) atoms. The van der Waals surface area contributed by atoms with Crippen molar-refractivity contribution in [2.24, 2.45) is 7.05 Å². The van der Waals surface area contributed by atoms with Gasteiger partial charge in [0.25, 0.3) is 10.0 Å². The molecule has 2 aromatic heterocycles. The second-order valence-electron chi connectivity index (χ2n) is 3.97. The van der Waals surface area contributed by atoms with Crippen LogP contribution < -0.4 is 4.72 Å². The highest BCUT2D eigenvalue weighted by Gasteiger charge is 2.23. The minimum Gasteiger partial charge on any atom is -0.278 e. The molecule has 0 spiro atoms. The Morgan fingerprint density at radius 1 is 1.33 bits per heavy atom. The van der Waals surface area contributed by atoms with Crippen LogP contribution in [0.25, 0.3) is 0 Å². The molecule has 0 aromatic carbocycles. The Labute approximate surface area is 106 Å². The Kier molecular flexibility index (Phi) is 3.08. The lowest BCUT2D eigenvalue weighted by Crippen LogP contribution is -2.15. The largest absolute Gasteiger partial charge is 0.278 e. The molecule has 0 aliphatic rings. The number of sulfonamides is 1. The smallest absolute Gasteiger partial charge is 0.265 e. The molecule has 7 heteroatoms. The minimum atomic E-state index is -3.63. The SMILES string of the molecule is Cc1nn(C)c(C)c1S(=O)(=O)Nc1cccnc1. The molecule has 0 radical (unpaired) electrons. The molecule has 0 bridgehead atoms. The van der Waals surface area contributed by atoms with Crippen LogP contribution in [0.4, 0.5) is 5.69 Å². The van der Waals surface area contributed by atoms with Gasteiger partial charge in [0.15, 0.2) is 0 Å². The summed E-state index contributed by atoms with van der Waals surface area (Å²) in [4.78, 5) is 4.08. The molecule has 1 N–H and O–H groups in total. The third-order valence-electron chi connectivity index (χ3n) is 2.63. The van der Waals surface area contributed by atoms with E-state index < -0.39 is 10.0 Å². The molecule has 0 aliphatic heterocycles. The van der Waals surface area contributed by atoms with Gasteiger partial charge in [-0.2, -0.15) is 5.10 Å². The first-order chi connectivity index (χ1) is 8.42. The van der Waals surface area contributed by atoms with Crippen LogP contribution in [0, 0.1) is 13.8 Å². The van der Waals surface area contributed by atoms with Crippen LogP contribution in [-0.2, 0) is 17.1 Å². The van der Waals surface area contributed by atoms with Gasteiger partial charge in [-0.15, -0.1) is 0 Å². The normalized spacial score (nSPS) is 11.5. The van der Waals surface area contributed by atoms with E-state index in [1.165, 1.54) is 6.20 Å². The lowest BCUT2D eigenvalue weighted by Gasteiger charge is -2.07. The molecule has 0 aliphatic carbocycles. The molecule has 2 heterocycles. The van der Waals surface area contributed by atoms with Crippen molar-refractivity contribution in [3.05, 3.63) is 35.9 Å². The third kappa shape index (κ3) is 2.21. The summed E-state index contributed by atoms with van der Waals surface area (Å²) in [7, 11) is -1.91. The van der Waals surface area contributed by atoms with Crippen molar-refractivity contribution in [1.29, 1.82) is 0 Å². The van der Waals surface area contributed by atoms with Gasteiger partial charge >= 0.3 is 0 Å². The van der Waals surface area contributed by atoms with Crippen molar-refractivity contribution < 1.29 is 8.42 Å². The molecule has 6 nitrogen and oxygen atoms in total.